The van der Waals surface area contributed by atoms with E-state index in [4.69, 9.17) is 23.2 Å². The molecule has 0 saturated carbocycles. The third kappa shape index (κ3) is 1.97. The molecule has 2 rings (SSSR count). The van der Waals surface area contributed by atoms with Crippen molar-refractivity contribution in [2.24, 2.45) is 0 Å². The van der Waals surface area contributed by atoms with Gasteiger partial charge in [-0.25, -0.2) is 9.97 Å². The Morgan fingerprint density at radius 2 is 2.14 bits per heavy atom. The molecule has 72 valence electrons. The maximum absolute atomic E-state index is 5.73. The van der Waals surface area contributed by atoms with E-state index in [9.17, 15) is 0 Å². The number of fused-ring (bicyclic) bond motifs is 1. The Hall–Kier alpha value is -0.860. The number of aromatic nitrogens is 2. The van der Waals surface area contributed by atoms with Gasteiger partial charge in [-0.2, -0.15) is 0 Å². The minimum atomic E-state index is -0.393. The van der Waals surface area contributed by atoms with Gasteiger partial charge in [0.05, 0.1) is 5.52 Å². The summed E-state index contributed by atoms with van der Waals surface area (Å²) < 4.78 is 0. The van der Waals surface area contributed by atoms with Crippen LogP contribution in [-0.4, -0.2) is 14.8 Å². The number of benzene rings is 1. The highest BCUT2D eigenvalue weighted by Gasteiger charge is 2.05. The molecular formula is C10H8Cl2N2. The second-order valence-electron chi connectivity index (χ2n) is 2.97. The predicted octanol–water partition coefficient (Wildman–Crippen LogP) is 2.98. The van der Waals surface area contributed by atoms with Gasteiger partial charge in [0.15, 0.2) is 0 Å². The maximum Gasteiger partial charge on any atom is 0.116 e. The van der Waals surface area contributed by atoms with Crippen molar-refractivity contribution in [1.29, 1.82) is 0 Å². The fourth-order valence-corrected chi connectivity index (χ4v) is 1.74. The smallest absolute Gasteiger partial charge is 0.116 e. The predicted molar refractivity (Wildman–Crippen MR) is 58.7 cm³/mol. The van der Waals surface area contributed by atoms with Crippen LogP contribution in [0.15, 0.2) is 30.7 Å². The zero-order valence-electron chi connectivity index (χ0n) is 7.32. The van der Waals surface area contributed by atoms with Crippen LogP contribution in [-0.2, 0) is 6.42 Å². The molecule has 0 aliphatic carbocycles. The second kappa shape index (κ2) is 4.11. The molecule has 0 unspecified atom stereocenters. The summed E-state index contributed by atoms with van der Waals surface area (Å²) >= 11 is 11.5. The van der Waals surface area contributed by atoms with Gasteiger partial charge >= 0.3 is 0 Å². The molecule has 2 aromatic rings. The Kier molecular flexibility index (Phi) is 2.85. The van der Waals surface area contributed by atoms with Crippen LogP contribution in [0.1, 0.15) is 5.56 Å². The van der Waals surface area contributed by atoms with E-state index in [0.29, 0.717) is 6.42 Å². The largest absolute Gasteiger partial charge is 0.244 e. The summed E-state index contributed by atoms with van der Waals surface area (Å²) in [6.07, 6.45) is 3.92. The minimum Gasteiger partial charge on any atom is -0.244 e. The zero-order valence-corrected chi connectivity index (χ0v) is 8.83. The summed E-state index contributed by atoms with van der Waals surface area (Å²) in [6.45, 7) is 0. The van der Waals surface area contributed by atoms with Gasteiger partial charge in [-0.1, -0.05) is 18.2 Å². The molecule has 0 saturated heterocycles. The molecule has 4 heteroatoms. The summed E-state index contributed by atoms with van der Waals surface area (Å²) in [6, 6.07) is 5.90. The van der Waals surface area contributed by atoms with Crippen LogP contribution in [0.3, 0.4) is 0 Å². The van der Waals surface area contributed by atoms with Crippen LogP contribution in [0.4, 0.5) is 0 Å². The fraction of sp³-hybridized carbons (Fsp3) is 0.200. The van der Waals surface area contributed by atoms with E-state index in [1.165, 1.54) is 6.33 Å². The number of rotatable bonds is 2. The van der Waals surface area contributed by atoms with E-state index < -0.39 is 4.84 Å². The van der Waals surface area contributed by atoms with Gasteiger partial charge in [0.2, 0.25) is 0 Å². The van der Waals surface area contributed by atoms with Crippen molar-refractivity contribution in [3.63, 3.8) is 0 Å². The van der Waals surface area contributed by atoms with E-state index in [2.05, 4.69) is 9.97 Å². The number of nitrogens with zero attached hydrogens (tertiary/aromatic N) is 2. The van der Waals surface area contributed by atoms with Gasteiger partial charge in [0.25, 0.3) is 0 Å². The lowest BCUT2D eigenvalue weighted by molar-refractivity contribution is 1.08. The Labute approximate surface area is 91.9 Å². The Morgan fingerprint density at radius 3 is 2.93 bits per heavy atom. The molecule has 2 nitrogen and oxygen atoms in total. The lowest BCUT2D eigenvalue weighted by atomic mass is 10.1. The highest BCUT2D eigenvalue weighted by atomic mass is 35.5. The average Bonchev–Trinajstić information content (AvgIpc) is 2.18. The van der Waals surface area contributed by atoms with Crippen molar-refractivity contribution in [3.8, 4) is 0 Å². The van der Waals surface area contributed by atoms with Gasteiger partial charge in [0, 0.05) is 18.0 Å². The van der Waals surface area contributed by atoms with E-state index in [0.717, 1.165) is 16.5 Å². The number of alkyl halides is 2. The van der Waals surface area contributed by atoms with Crippen molar-refractivity contribution >= 4 is 34.1 Å². The second-order valence-corrected chi connectivity index (χ2v) is 4.25. The molecule has 0 bridgehead atoms. The molecule has 0 aliphatic rings. The number of hydrogen-bond donors (Lipinski definition) is 0. The Bertz CT molecular complexity index is 438. The number of halogens is 2. The van der Waals surface area contributed by atoms with Crippen molar-refractivity contribution in [3.05, 3.63) is 36.3 Å². The van der Waals surface area contributed by atoms with Crippen LogP contribution in [0, 0.1) is 0 Å². The highest BCUT2D eigenvalue weighted by Crippen LogP contribution is 2.19. The third-order valence-corrected chi connectivity index (χ3v) is 2.30. The van der Waals surface area contributed by atoms with E-state index in [1.54, 1.807) is 6.20 Å². The first-order valence-electron chi connectivity index (χ1n) is 4.23. The minimum absolute atomic E-state index is 0.393. The van der Waals surface area contributed by atoms with Crippen LogP contribution in [0.5, 0.6) is 0 Å². The molecule has 1 aromatic heterocycles. The topological polar surface area (TPSA) is 25.8 Å². The van der Waals surface area contributed by atoms with Crippen LogP contribution in [0.25, 0.3) is 10.9 Å². The monoisotopic (exact) mass is 226 g/mol. The fourth-order valence-electron chi connectivity index (χ4n) is 1.41. The van der Waals surface area contributed by atoms with Crippen LogP contribution >= 0.6 is 23.2 Å². The van der Waals surface area contributed by atoms with Gasteiger partial charge in [-0.05, 0) is 5.56 Å². The molecule has 1 aromatic carbocycles. The standard InChI is InChI=1S/C10H8Cl2N2/c11-9(12)4-7-2-1-3-8-5-13-6-14-10(7)8/h1-3,5-6,9H,4H2. The van der Waals surface area contributed by atoms with Crippen molar-refractivity contribution < 1.29 is 0 Å². The summed E-state index contributed by atoms with van der Waals surface area (Å²) in [5.41, 5.74) is 1.98. The maximum atomic E-state index is 5.73. The molecule has 0 aliphatic heterocycles. The lowest BCUT2D eigenvalue weighted by Gasteiger charge is -2.04. The van der Waals surface area contributed by atoms with Crippen molar-refractivity contribution in [2.45, 2.75) is 11.3 Å². The summed E-state index contributed by atoms with van der Waals surface area (Å²) in [5, 5.41) is 1.01. The third-order valence-electron chi connectivity index (χ3n) is 1.99. The molecule has 0 spiro atoms. The SMILES string of the molecule is ClC(Cl)Cc1cccc2cncnc12. The average molecular weight is 227 g/mol. The highest BCUT2D eigenvalue weighted by molar-refractivity contribution is 6.44. The van der Waals surface area contributed by atoms with Gasteiger partial charge in [-0.15, -0.1) is 23.2 Å². The molecule has 0 atom stereocenters. The van der Waals surface area contributed by atoms with E-state index >= 15 is 0 Å². The molecular weight excluding hydrogens is 219 g/mol. The van der Waals surface area contributed by atoms with Gasteiger partial charge < -0.3 is 0 Å². The zero-order chi connectivity index (χ0) is 9.97. The molecule has 0 amide bonds. The normalized spacial score (nSPS) is 11.1. The summed E-state index contributed by atoms with van der Waals surface area (Å²) in [7, 11) is 0. The van der Waals surface area contributed by atoms with Crippen molar-refractivity contribution in [2.75, 3.05) is 0 Å². The molecule has 0 fully saturated rings. The van der Waals surface area contributed by atoms with E-state index in [-0.39, 0.29) is 0 Å². The molecule has 0 N–H and O–H groups in total. The number of para-hydroxylation sites is 1. The molecule has 0 radical (unpaired) electrons. The lowest BCUT2D eigenvalue weighted by Crippen LogP contribution is -1.96. The van der Waals surface area contributed by atoms with Gasteiger partial charge in [0.1, 0.15) is 11.2 Å². The molecule has 14 heavy (non-hydrogen) atoms. The summed E-state index contributed by atoms with van der Waals surface area (Å²) in [4.78, 5) is 7.77. The van der Waals surface area contributed by atoms with Crippen molar-refractivity contribution in [1.82, 2.24) is 9.97 Å². The quantitative estimate of drug-likeness (QED) is 0.737. The first kappa shape index (κ1) is 9.69. The van der Waals surface area contributed by atoms with Crippen LogP contribution in [0.2, 0.25) is 0 Å². The summed E-state index contributed by atoms with van der Waals surface area (Å²) in [5.74, 6) is 0. The molecule has 1 heterocycles. The Morgan fingerprint density at radius 1 is 1.29 bits per heavy atom. The number of hydrogen-bond acceptors (Lipinski definition) is 2. The van der Waals surface area contributed by atoms with E-state index in [1.807, 2.05) is 18.2 Å². The Balaban J connectivity index is 2.53. The van der Waals surface area contributed by atoms with Crippen LogP contribution < -0.4 is 0 Å². The first-order valence-corrected chi connectivity index (χ1v) is 5.10. The first-order chi connectivity index (χ1) is 6.77. The van der Waals surface area contributed by atoms with Gasteiger partial charge in [-0.3, -0.25) is 0 Å².